The van der Waals surface area contributed by atoms with E-state index in [9.17, 15) is 13.2 Å². The molecule has 4 rings (SSSR count). The molecule has 0 unspecified atom stereocenters. The van der Waals surface area contributed by atoms with E-state index in [0.29, 0.717) is 22.9 Å². The summed E-state index contributed by atoms with van der Waals surface area (Å²) in [5.74, 6) is 0.695. The summed E-state index contributed by atoms with van der Waals surface area (Å²) in [6.07, 6.45) is 3.52. The van der Waals surface area contributed by atoms with Crippen LogP contribution in [0.5, 0.6) is 11.6 Å². The van der Waals surface area contributed by atoms with Gasteiger partial charge in [0, 0.05) is 24.0 Å². The van der Waals surface area contributed by atoms with E-state index in [2.05, 4.69) is 31.0 Å². The van der Waals surface area contributed by atoms with Gasteiger partial charge >= 0.3 is 0 Å². The highest BCUT2D eigenvalue weighted by Crippen LogP contribution is 2.28. The third-order valence-corrected chi connectivity index (χ3v) is 7.55. The van der Waals surface area contributed by atoms with E-state index in [1.807, 2.05) is 0 Å². The van der Waals surface area contributed by atoms with Crippen LogP contribution >= 0.6 is 27.3 Å². The van der Waals surface area contributed by atoms with Crippen molar-refractivity contribution in [3.63, 3.8) is 0 Å². The van der Waals surface area contributed by atoms with Crippen LogP contribution < -0.4 is 14.8 Å². The van der Waals surface area contributed by atoms with Gasteiger partial charge in [0.2, 0.25) is 5.88 Å². The van der Waals surface area contributed by atoms with Crippen molar-refractivity contribution in [3.05, 3.63) is 64.1 Å². The van der Waals surface area contributed by atoms with E-state index < -0.39 is 10.0 Å². The molecule has 0 spiro atoms. The third-order valence-electron chi connectivity index (χ3n) is 4.05. The standard InChI is InChI=1S/C19H16BrN3O4S2/c20-16-8-10-18(28-16)29(25,26)23-14-4-6-15(7-5-14)27-17-9-1-12(11-21-17)19(24)22-13-2-3-13/h1,4-11,13,23H,2-3H2,(H,22,24). The number of amides is 1. The molecule has 0 bridgehead atoms. The lowest BCUT2D eigenvalue weighted by atomic mass is 10.2. The molecule has 1 saturated carbocycles. The summed E-state index contributed by atoms with van der Waals surface area (Å²) in [7, 11) is -3.63. The van der Waals surface area contributed by atoms with Crippen molar-refractivity contribution >= 4 is 48.9 Å². The van der Waals surface area contributed by atoms with Crippen molar-refractivity contribution in [3.8, 4) is 11.6 Å². The van der Waals surface area contributed by atoms with Gasteiger partial charge in [0.05, 0.1) is 9.35 Å². The maximum Gasteiger partial charge on any atom is 0.271 e. The Morgan fingerprint density at radius 3 is 2.45 bits per heavy atom. The van der Waals surface area contributed by atoms with E-state index >= 15 is 0 Å². The van der Waals surface area contributed by atoms with Crippen molar-refractivity contribution in [2.45, 2.75) is 23.1 Å². The molecule has 150 valence electrons. The molecule has 1 aromatic carbocycles. The number of aromatic nitrogens is 1. The molecule has 1 fully saturated rings. The maximum atomic E-state index is 12.4. The number of carbonyl (C=O) groups is 1. The summed E-state index contributed by atoms with van der Waals surface area (Å²) in [5, 5.41) is 2.90. The first-order valence-electron chi connectivity index (χ1n) is 8.72. The predicted molar refractivity (Wildman–Crippen MR) is 114 cm³/mol. The number of hydrogen-bond donors (Lipinski definition) is 2. The number of halogens is 1. The number of thiophene rings is 1. The molecule has 2 heterocycles. The molecule has 3 aromatic rings. The first-order valence-corrected chi connectivity index (χ1v) is 11.8. The molecule has 10 heteroatoms. The Bertz CT molecular complexity index is 1130. The topological polar surface area (TPSA) is 97.4 Å². The van der Waals surface area contributed by atoms with Crippen LogP contribution in [0.1, 0.15) is 23.2 Å². The van der Waals surface area contributed by atoms with Crippen LogP contribution in [-0.4, -0.2) is 25.4 Å². The normalized spacial score (nSPS) is 13.7. The average molecular weight is 494 g/mol. The summed E-state index contributed by atoms with van der Waals surface area (Å²) in [6.45, 7) is 0. The largest absolute Gasteiger partial charge is 0.439 e. The lowest BCUT2D eigenvalue weighted by molar-refractivity contribution is 0.0950. The van der Waals surface area contributed by atoms with Gasteiger partial charge in [-0.15, -0.1) is 11.3 Å². The van der Waals surface area contributed by atoms with Crippen LogP contribution in [0.2, 0.25) is 0 Å². The molecule has 0 atom stereocenters. The van der Waals surface area contributed by atoms with Crippen LogP contribution in [0.25, 0.3) is 0 Å². The molecule has 0 radical (unpaired) electrons. The lowest BCUT2D eigenvalue weighted by Crippen LogP contribution is -2.25. The summed E-state index contributed by atoms with van der Waals surface area (Å²) < 4.78 is 33.9. The van der Waals surface area contributed by atoms with Gasteiger partial charge < -0.3 is 10.1 Å². The smallest absolute Gasteiger partial charge is 0.271 e. The van der Waals surface area contributed by atoms with Crippen molar-refractivity contribution in [1.29, 1.82) is 0 Å². The zero-order valence-electron chi connectivity index (χ0n) is 15.0. The van der Waals surface area contributed by atoms with Gasteiger partial charge in [-0.2, -0.15) is 0 Å². The highest BCUT2D eigenvalue weighted by atomic mass is 79.9. The minimum atomic E-state index is -3.63. The van der Waals surface area contributed by atoms with Gasteiger partial charge in [-0.3, -0.25) is 9.52 Å². The molecule has 29 heavy (non-hydrogen) atoms. The number of sulfonamides is 1. The molecule has 2 N–H and O–H groups in total. The Morgan fingerprint density at radius 1 is 1.10 bits per heavy atom. The molecular weight excluding hydrogens is 478 g/mol. The number of anilines is 1. The number of hydrogen-bond acceptors (Lipinski definition) is 6. The Labute approximate surface area is 180 Å². The maximum absolute atomic E-state index is 12.4. The second kappa shape index (κ2) is 8.13. The quantitative estimate of drug-likeness (QED) is 0.508. The highest BCUT2D eigenvalue weighted by Gasteiger charge is 2.23. The molecule has 1 aliphatic carbocycles. The average Bonchev–Trinajstić information content (AvgIpc) is 3.40. The molecule has 1 aliphatic rings. The molecule has 0 aliphatic heterocycles. The number of ether oxygens (including phenoxy) is 1. The number of benzene rings is 1. The molecule has 0 saturated heterocycles. The predicted octanol–water partition coefficient (Wildman–Crippen LogP) is 4.39. The zero-order valence-corrected chi connectivity index (χ0v) is 18.2. The van der Waals surface area contributed by atoms with Gasteiger partial charge in [-0.1, -0.05) is 0 Å². The van der Waals surface area contributed by atoms with E-state index in [1.54, 1.807) is 42.5 Å². The van der Waals surface area contributed by atoms with Gasteiger partial charge in [0.15, 0.2) is 0 Å². The van der Waals surface area contributed by atoms with Crippen molar-refractivity contribution in [1.82, 2.24) is 10.3 Å². The van der Waals surface area contributed by atoms with Crippen LogP contribution in [0.15, 0.2) is 62.7 Å². The summed E-state index contributed by atoms with van der Waals surface area (Å²) in [4.78, 5) is 16.1. The van der Waals surface area contributed by atoms with Crippen LogP contribution in [0.4, 0.5) is 5.69 Å². The Hall–Kier alpha value is -2.43. The van der Waals surface area contributed by atoms with Gasteiger partial charge in [-0.25, -0.2) is 13.4 Å². The second-order valence-electron chi connectivity index (χ2n) is 6.42. The Morgan fingerprint density at radius 2 is 1.86 bits per heavy atom. The summed E-state index contributed by atoms with van der Waals surface area (Å²) in [6, 6.07) is 13.3. The van der Waals surface area contributed by atoms with Gasteiger partial charge in [-0.05, 0) is 71.2 Å². The first kappa shape index (κ1) is 19.9. The number of nitrogens with zero attached hydrogens (tertiary/aromatic N) is 1. The fraction of sp³-hybridized carbons (Fsp3) is 0.158. The fourth-order valence-corrected chi connectivity index (χ4v) is 5.50. The van der Waals surface area contributed by atoms with Crippen LogP contribution in [0.3, 0.4) is 0 Å². The minimum Gasteiger partial charge on any atom is -0.439 e. The Kier molecular flexibility index (Phi) is 5.57. The van der Waals surface area contributed by atoms with E-state index in [-0.39, 0.29) is 16.2 Å². The Balaban J connectivity index is 1.38. The van der Waals surface area contributed by atoms with Crippen molar-refractivity contribution in [2.24, 2.45) is 0 Å². The van der Waals surface area contributed by atoms with E-state index in [0.717, 1.165) is 28.0 Å². The molecule has 2 aromatic heterocycles. The molecular formula is C19H16BrN3O4S2. The second-order valence-corrected chi connectivity index (χ2v) is 10.8. The van der Waals surface area contributed by atoms with E-state index in [1.165, 1.54) is 12.3 Å². The fourth-order valence-electron chi connectivity index (χ4n) is 2.43. The number of pyridine rings is 1. The van der Waals surface area contributed by atoms with Gasteiger partial charge in [0.1, 0.15) is 9.96 Å². The summed E-state index contributed by atoms with van der Waals surface area (Å²) in [5.41, 5.74) is 0.899. The SMILES string of the molecule is O=C(NC1CC1)c1ccc(Oc2ccc(NS(=O)(=O)c3ccc(Br)s3)cc2)nc1. The van der Waals surface area contributed by atoms with Crippen LogP contribution in [0, 0.1) is 0 Å². The molecule has 7 nitrogen and oxygen atoms in total. The van der Waals surface area contributed by atoms with Crippen molar-refractivity contribution in [2.75, 3.05) is 4.72 Å². The number of rotatable bonds is 7. The number of nitrogens with one attached hydrogen (secondary N) is 2. The van der Waals surface area contributed by atoms with Gasteiger partial charge in [0.25, 0.3) is 15.9 Å². The molecule has 1 amide bonds. The zero-order chi connectivity index (χ0) is 20.4. The highest BCUT2D eigenvalue weighted by molar-refractivity contribution is 9.11. The third kappa shape index (κ3) is 5.14. The number of carbonyl (C=O) groups excluding carboxylic acids is 1. The first-order chi connectivity index (χ1) is 13.9. The minimum absolute atomic E-state index is 0.138. The van der Waals surface area contributed by atoms with E-state index in [4.69, 9.17) is 4.74 Å². The summed E-state index contributed by atoms with van der Waals surface area (Å²) >= 11 is 4.39. The van der Waals surface area contributed by atoms with Crippen molar-refractivity contribution < 1.29 is 17.9 Å². The lowest BCUT2D eigenvalue weighted by Gasteiger charge is -2.09. The van der Waals surface area contributed by atoms with Crippen LogP contribution in [-0.2, 0) is 10.0 Å². The monoisotopic (exact) mass is 493 g/mol.